The van der Waals surface area contributed by atoms with Gasteiger partial charge in [-0.3, -0.25) is 9.80 Å². The van der Waals surface area contributed by atoms with Gasteiger partial charge in [0.25, 0.3) is 0 Å². The minimum Gasteiger partial charge on any atom is -0.465 e. The second-order valence-electron chi connectivity index (χ2n) is 8.65. The van der Waals surface area contributed by atoms with Gasteiger partial charge in [0.15, 0.2) is 0 Å². The highest BCUT2D eigenvalue weighted by atomic mass is 19.1. The van der Waals surface area contributed by atoms with Gasteiger partial charge in [-0.05, 0) is 69.8 Å². The first-order chi connectivity index (χ1) is 14.2. The molecule has 29 heavy (non-hydrogen) atoms. The Hall–Kier alpha value is -1.69. The van der Waals surface area contributed by atoms with E-state index in [-0.39, 0.29) is 5.82 Å². The molecule has 5 heteroatoms. The fraction of sp³-hybridized carbons (Fsp3) is 0.583. The summed E-state index contributed by atoms with van der Waals surface area (Å²) < 4.78 is 25.7. The molecule has 158 valence electrons. The highest BCUT2D eigenvalue weighted by Gasteiger charge is 2.25. The van der Waals surface area contributed by atoms with E-state index in [4.69, 9.17) is 9.15 Å². The molecule has 1 atom stereocenters. The number of nitrogens with zero attached hydrogens (tertiary/aromatic N) is 2. The zero-order valence-electron chi connectivity index (χ0n) is 17.5. The van der Waals surface area contributed by atoms with Crippen LogP contribution in [-0.4, -0.2) is 48.7 Å². The molecule has 1 aromatic carbocycles. The molecule has 0 saturated carbocycles. The van der Waals surface area contributed by atoms with Gasteiger partial charge in [0.2, 0.25) is 0 Å². The predicted molar refractivity (Wildman–Crippen MR) is 112 cm³/mol. The number of benzene rings is 1. The van der Waals surface area contributed by atoms with Crippen LogP contribution in [0, 0.1) is 18.7 Å². The van der Waals surface area contributed by atoms with Crippen LogP contribution in [0.4, 0.5) is 4.39 Å². The maximum Gasteiger partial charge on any atom is 0.127 e. The number of piperidine rings is 1. The molecule has 3 heterocycles. The van der Waals surface area contributed by atoms with Gasteiger partial charge in [0, 0.05) is 31.8 Å². The third-order valence-electron chi connectivity index (χ3n) is 6.24. The molecule has 4 nitrogen and oxygen atoms in total. The SMILES string of the molecule is Cc1ccc(CN(CC2CCN(Cc3ccccc3F)CC2)CC2CCCO2)o1. The zero-order chi connectivity index (χ0) is 20.1. The fourth-order valence-corrected chi connectivity index (χ4v) is 4.63. The van der Waals surface area contributed by atoms with Crippen molar-refractivity contribution in [2.24, 2.45) is 5.92 Å². The van der Waals surface area contributed by atoms with E-state index in [1.165, 1.54) is 6.42 Å². The van der Waals surface area contributed by atoms with E-state index in [2.05, 4.69) is 15.9 Å². The summed E-state index contributed by atoms with van der Waals surface area (Å²) in [6, 6.07) is 11.3. The van der Waals surface area contributed by atoms with Crippen molar-refractivity contribution < 1.29 is 13.5 Å². The zero-order valence-corrected chi connectivity index (χ0v) is 17.5. The lowest BCUT2D eigenvalue weighted by Crippen LogP contribution is -2.40. The summed E-state index contributed by atoms with van der Waals surface area (Å²) in [5, 5.41) is 0. The Morgan fingerprint density at radius 2 is 1.90 bits per heavy atom. The van der Waals surface area contributed by atoms with Gasteiger partial charge in [-0.25, -0.2) is 4.39 Å². The number of rotatable bonds is 8. The molecule has 2 saturated heterocycles. The number of ether oxygens (including phenoxy) is 1. The first kappa shape index (κ1) is 20.6. The van der Waals surface area contributed by atoms with Crippen molar-refractivity contribution in [3.8, 4) is 0 Å². The number of halogens is 1. The third kappa shape index (κ3) is 5.91. The second-order valence-corrected chi connectivity index (χ2v) is 8.65. The largest absolute Gasteiger partial charge is 0.465 e. The summed E-state index contributed by atoms with van der Waals surface area (Å²) in [4.78, 5) is 4.90. The van der Waals surface area contributed by atoms with Crippen LogP contribution in [0.1, 0.15) is 42.8 Å². The van der Waals surface area contributed by atoms with Crippen molar-refractivity contribution in [2.45, 2.75) is 51.8 Å². The molecule has 2 fully saturated rings. The minimum atomic E-state index is -0.0916. The van der Waals surface area contributed by atoms with Gasteiger partial charge in [-0.2, -0.15) is 0 Å². The van der Waals surface area contributed by atoms with Crippen LogP contribution >= 0.6 is 0 Å². The summed E-state index contributed by atoms with van der Waals surface area (Å²) in [6.07, 6.45) is 5.01. The summed E-state index contributed by atoms with van der Waals surface area (Å²) in [6.45, 7) is 8.58. The van der Waals surface area contributed by atoms with Gasteiger partial charge in [-0.15, -0.1) is 0 Å². The highest BCUT2D eigenvalue weighted by Crippen LogP contribution is 2.23. The van der Waals surface area contributed by atoms with Crippen molar-refractivity contribution in [2.75, 3.05) is 32.8 Å². The summed E-state index contributed by atoms with van der Waals surface area (Å²) in [7, 11) is 0. The maximum absolute atomic E-state index is 13.9. The molecule has 1 unspecified atom stereocenters. The molecular formula is C24H33FN2O2. The number of hydrogen-bond acceptors (Lipinski definition) is 4. The third-order valence-corrected chi connectivity index (χ3v) is 6.24. The van der Waals surface area contributed by atoms with Gasteiger partial charge in [0.1, 0.15) is 17.3 Å². The Morgan fingerprint density at radius 1 is 1.07 bits per heavy atom. The van der Waals surface area contributed by atoms with Crippen LogP contribution in [0.3, 0.4) is 0 Å². The molecule has 2 aliphatic rings. The Morgan fingerprint density at radius 3 is 2.59 bits per heavy atom. The summed E-state index contributed by atoms with van der Waals surface area (Å²) in [5.74, 6) is 2.59. The first-order valence-corrected chi connectivity index (χ1v) is 11.0. The molecule has 0 bridgehead atoms. The van der Waals surface area contributed by atoms with E-state index in [0.717, 1.165) is 75.7 Å². The van der Waals surface area contributed by atoms with Crippen molar-refractivity contribution in [1.82, 2.24) is 9.80 Å². The van der Waals surface area contributed by atoms with Gasteiger partial charge in [-0.1, -0.05) is 18.2 Å². The van der Waals surface area contributed by atoms with E-state index in [1.807, 2.05) is 25.1 Å². The number of hydrogen-bond donors (Lipinski definition) is 0. The average Bonchev–Trinajstić information content (AvgIpc) is 3.37. The molecular weight excluding hydrogens is 367 g/mol. The van der Waals surface area contributed by atoms with Gasteiger partial charge >= 0.3 is 0 Å². The summed E-state index contributed by atoms with van der Waals surface area (Å²) in [5.41, 5.74) is 0.805. The number of furan rings is 1. The molecule has 0 N–H and O–H groups in total. The molecule has 0 spiro atoms. The van der Waals surface area contributed by atoms with Crippen LogP contribution in [0.15, 0.2) is 40.8 Å². The monoisotopic (exact) mass is 400 g/mol. The molecule has 0 radical (unpaired) electrons. The molecule has 2 aromatic rings. The Bertz CT molecular complexity index is 764. The lowest BCUT2D eigenvalue weighted by Gasteiger charge is -2.35. The van der Waals surface area contributed by atoms with Crippen molar-refractivity contribution in [3.63, 3.8) is 0 Å². The van der Waals surface area contributed by atoms with Crippen LogP contribution in [-0.2, 0) is 17.8 Å². The van der Waals surface area contributed by atoms with E-state index >= 15 is 0 Å². The number of aryl methyl sites for hydroxylation is 1. The minimum absolute atomic E-state index is 0.0916. The first-order valence-electron chi connectivity index (χ1n) is 11.0. The van der Waals surface area contributed by atoms with E-state index in [0.29, 0.717) is 18.6 Å². The maximum atomic E-state index is 13.9. The molecule has 4 rings (SSSR count). The Labute approximate surface area is 173 Å². The highest BCUT2D eigenvalue weighted by molar-refractivity contribution is 5.17. The predicted octanol–water partition coefficient (Wildman–Crippen LogP) is 4.62. The van der Waals surface area contributed by atoms with Crippen LogP contribution in [0.2, 0.25) is 0 Å². The van der Waals surface area contributed by atoms with Crippen LogP contribution < -0.4 is 0 Å². The Balaban J connectivity index is 1.30. The molecule has 2 aliphatic heterocycles. The van der Waals surface area contributed by atoms with E-state index in [9.17, 15) is 4.39 Å². The molecule has 0 amide bonds. The van der Waals surface area contributed by atoms with Crippen LogP contribution in [0.25, 0.3) is 0 Å². The van der Waals surface area contributed by atoms with Gasteiger partial charge in [0.05, 0.1) is 12.6 Å². The summed E-state index contributed by atoms with van der Waals surface area (Å²) >= 11 is 0. The average molecular weight is 401 g/mol. The smallest absolute Gasteiger partial charge is 0.127 e. The van der Waals surface area contributed by atoms with Crippen molar-refractivity contribution in [3.05, 3.63) is 59.3 Å². The van der Waals surface area contributed by atoms with Crippen molar-refractivity contribution >= 4 is 0 Å². The van der Waals surface area contributed by atoms with Gasteiger partial charge < -0.3 is 9.15 Å². The fourth-order valence-electron chi connectivity index (χ4n) is 4.63. The van der Waals surface area contributed by atoms with Crippen molar-refractivity contribution in [1.29, 1.82) is 0 Å². The molecule has 0 aliphatic carbocycles. The standard InChI is InChI=1S/C24H33FN2O2/c1-19-8-9-23(29-19)18-27(17-22-6-4-14-28-22)15-20-10-12-26(13-11-20)16-21-5-2-3-7-24(21)25/h2-3,5,7-9,20,22H,4,6,10-18H2,1H3. The Kier molecular flexibility index (Phi) is 7.01. The lowest BCUT2D eigenvalue weighted by atomic mass is 9.95. The number of likely N-dealkylation sites (tertiary alicyclic amines) is 1. The quantitative estimate of drug-likeness (QED) is 0.647. The van der Waals surface area contributed by atoms with Crippen LogP contribution in [0.5, 0.6) is 0 Å². The topological polar surface area (TPSA) is 28.9 Å². The van der Waals surface area contributed by atoms with E-state index < -0.39 is 0 Å². The second kappa shape index (κ2) is 9.88. The molecule has 1 aromatic heterocycles. The normalized spacial score (nSPS) is 21.3. The van der Waals surface area contributed by atoms with E-state index in [1.54, 1.807) is 12.1 Å². The lowest BCUT2D eigenvalue weighted by molar-refractivity contribution is 0.0543.